The van der Waals surface area contributed by atoms with E-state index in [0.717, 1.165) is 5.56 Å². The van der Waals surface area contributed by atoms with Crippen molar-refractivity contribution in [1.82, 2.24) is 0 Å². The summed E-state index contributed by atoms with van der Waals surface area (Å²) in [5.41, 5.74) is 1.48. The number of thioether (sulfide) groups is 1. The van der Waals surface area contributed by atoms with Crippen molar-refractivity contribution >= 4 is 33.7 Å². The number of aliphatic carboxylic acids is 1. The van der Waals surface area contributed by atoms with E-state index in [4.69, 9.17) is 0 Å². The fourth-order valence-electron chi connectivity index (χ4n) is 1.87. The van der Waals surface area contributed by atoms with E-state index >= 15 is 0 Å². The quantitative estimate of drug-likeness (QED) is 0.814. The molecular formula is C16H14BrFO2S. The lowest BCUT2D eigenvalue weighted by Crippen LogP contribution is -2.19. The Morgan fingerprint density at radius 1 is 1.24 bits per heavy atom. The van der Waals surface area contributed by atoms with Crippen LogP contribution in [0.3, 0.4) is 0 Å². The molecule has 0 fully saturated rings. The molecule has 0 saturated carbocycles. The molecule has 2 rings (SSSR count). The molecule has 0 saturated heterocycles. The Kier molecular flexibility index (Phi) is 5.82. The standard InChI is InChI=1S/C16H14BrFO2S/c17-13-7-6-12(14(18)9-13)10-21-15(16(19)20)8-11-4-2-1-3-5-11/h1-7,9,15H,8,10H2,(H,19,20). The van der Waals surface area contributed by atoms with E-state index in [1.54, 1.807) is 12.1 Å². The average molecular weight is 369 g/mol. The molecule has 2 nitrogen and oxygen atoms in total. The predicted molar refractivity (Wildman–Crippen MR) is 87.0 cm³/mol. The molecule has 0 heterocycles. The maximum atomic E-state index is 13.7. The van der Waals surface area contributed by atoms with Crippen LogP contribution >= 0.6 is 27.7 Å². The number of hydrogen-bond acceptors (Lipinski definition) is 2. The average Bonchev–Trinajstić information content (AvgIpc) is 2.46. The van der Waals surface area contributed by atoms with Gasteiger partial charge < -0.3 is 5.11 Å². The summed E-state index contributed by atoms with van der Waals surface area (Å²) in [4.78, 5) is 11.3. The topological polar surface area (TPSA) is 37.3 Å². The molecule has 21 heavy (non-hydrogen) atoms. The molecule has 1 unspecified atom stereocenters. The van der Waals surface area contributed by atoms with Crippen molar-refractivity contribution < 1.29 is 14.3 Å². The Bertz CT molecular complexity index is 619. The molecule has 2 aromatic rings. The molecule has 0 radical (unpaired) electrons. The zero-order valence-electron chi connectivity index (χ0n) is 11.1. The molecule has 0 spiro atoms. The van der Waals surface area contributed by atoms with E-state index in [1.807, 2.05) is 30.3 Å². The Labute approximate surface area is 135 Å². The fraction of sp³-hybridized carbons (Fsp3) is 0.188. The van der Waals surface area contributed by atoms with Gasteiger partial charge in [0, 0.05) is 10.2 Å². The molecule has 110 valence electrons. The van der Waals surface area contributed by atoms with Gasteiger partial charge in [-0.1, -0.05) is 52.3 Å². The third kappa shape index (κ3) is 4.86. The van der Waals surface area contributed by atoms with E-state index in [9.17, 15) is 14.3 Å². The van der Waals surface area contributed by atoms with Crippen LogP contribution in [0, 0.1) is 5.82 Å². The summed E-state index contributed by atoms with van der Waals surface area (Å²) in [6.45, 7) is 0. The van der Waals surface area contributed by atoms with Gasteiger partial charge in [-0.15, -0.1) is 11.8 Å². The van der Waals surface area contributed by atoms with Gasteiger partial charge in [0.15, 0.2) is 0 Å². The first kappa shape index (κ1) is 16.0. The third-order valence-corrected chi connectivity index (χ3v) is 4.74. The predicted octanol–water partition coefficient (Wildman–Crippen LogP) is 4.52. The minimum atomic E-state index is -0.874. The summed E-state index contributed by atoms with van der Waals surface area (Å²) >= 11 is 4.45. The third-order valence-electron chi connectivity index (χ3n) is 2.99. The summed E-state index contributed by atoms with van der Waals surface area (Å²) in [6.07, 6.45) is 0.430. The molecule has 0 bridgehead atoms. The number of carboxylic acids is 1. The summed E-state index contributed by atoms with van der Waals surface area (Å²) in [7, 11) is 0. The summed E-state index contributed by atoms with van der Waals surface area (Å²) < 4.78 is 14.4. The normalized spacial score (nSPS) is 12.1. The van der Waals surface area contributed by atoms with Gasteiger partial charge in [0.25, 0.3) is 0 Å². The molecule has 1 atom stereocenters. The highest BCUT2D eigenvalue weighted by Gasteiger charge is 2.19. The summed E-state index contributed by atoms with van der Waals surface area (Å²) in [5.74, 6) is -0.856. The van der Waals surface area contributed by atoms with Crippen LogP contribution in [0.1, 0.15) is 11.1 Å². The maximum Gasteiger partial charge on any atom is 0.316 e. The van der Waals surface area contributed by atoms with Crippen LogP contribution < -0.4 is 0 Å². The van der Waals surface area contributed by atoms with Crippen molar-refractivity contribution in [3.63, 3.8) is 0 Å². The summed E-state index contributed by atoms with van der Waals surface area (Å²) in [6, 6.07) is 14.3. The Hall–Kier alpha value is -1.33. The molecule has 0 aliphatic rings. The minimum absolute atomic E-state index is 0.319. The van der Waals surface area contributed by atoms with Gasteiger partial charge >= 0.3 is 5.97 Å². The van der Waals surface area contributed by atoms with Crippen molar-refractivity contribution in [2.45, 2.75) is 17.4 Å². The van der Waals surface area contributed by atoms with Crippen molar-refractivity contribution in [2.24, 2.45) is 0 Å². The second-order valence-electron chi connectivity index (χ2n) is 4.56. The van der Waals surface area contributed by atoms with Crippen molar-refractivity contribution in [3.05, 3.63) is 69.9 Å². The van der Waals surface area contributed by atoms with Crippen LogP contribution in [0.2, 0.25) is 0 Å². The Balaban J connectivity index is 2.02. The van der Waals surface area contributed by atoms with Gasteiger partial charge in [-0.05, 0) is 29.7 Å². The SMILES string of the molecule is O=C(O)C(Cc1ccccc1)SCc1ccc(Br)cc1F. The molecule has 0 aliphatic carbocycles. The maximum absolute atomic E-state index is 13.7. The first-order valence-corrected chi connectivity index (χ1v) is 8.22. The Morgan fingerprint density at radius 3 is 2.57 bits per heavy atom. The number of benzene rings is 2. The van der Waals surface area contributed by atoms with Gasteiger partial charge in [0.2, 0.25) is 0 Å². The van der Waals surface area contributed by atoms with Crippen LogP contribution in [-0.4, -0.2) is 16.3 Å². The molecule has 0 aliphatic heterocycles. The zero-order valence-corrected chi connectivity index (χ0v) is 13.5. The number of rotatable bonds is 6. The lowest BCUT2D eigenvalue weighted by Gasteiger charge is -2.12. The minimum Gasteiger partial charge on any atom is -0.480 e. The van der Waals surface area contributed by atoms with E-state index < -0.39 is 11.2 Å². The van der Waals surface area contributed by atoms with Gasteiger partial charge in [-0.2, -0.15) is 0 Å². The number of halogens is 2. The molecule has 0 aromatic heterocycles. The van der Waals surface area contributed by atoms with E-state index in [1.165, 1.54) is 17.8 Å². The highest BCUT2D eigenvalue weighted by molar-refractivity contribution is 9.10. The first-order chi connectivity index (χ1) is 10.1. The first-order valence-electron chi connectivity index (χ1n) is 6.38. The van der Waals surface area contributed by atoms with Gasteiger partial charge in [-0.25, -0.2) is 4.39 Å². The molecule has 5 heteroatoms. The van der Waals surface area contributed by atoms with Crippen LogP contribution in [0.25, 0.3) is 0 Å². The highest BCUT2D eigenvalue weighted by Crippen LogP contribution is 2.24. The highest BCUT2D eigenvalue weighted by atomic mass is 79.9. The van der Waals surface area contributed by atoms with Crippen molar-refractivity contribution in [2.75, 3.05) is 0 Å². The molecule has 1 N–H and O–H groups in total. The number of hydrogen-bond donors (Lipinski definition) is 1. The molecular weight excluding hydrogens is 355 g/mol. The van der Waals surface area contributed by atoms with Crippen LogP contribution in [0.5, 0.6) is 0 Å². The number of carboxylic acid groups (broad SMARTS) is 1. The largest absolute Gasteiger partial charge is 0.480 e. The second-order valence-corrected chi connectivity index (χ2v) is 6.67. The monoisotopic (exact) mass is 368 g/mol. The van der Waals surface area contributed by atoms with E-state index in [-0.39, 0.29) is 5.82 Å². The van der Waals surface area contributed by atoms with Crippen LogP contribution in [0.15, 0.2) is 53.0 Å². The fourth-order valence-corrected chi connectivity index (χ4v) is 3.28. The lowest BCUT2D eigenvalue weighted by molar-refractivity contribution is -0.136. The molecule has 0 amide bonds. The number of carbonyl (C=O) groups is 1. The molecule has 2 aromatic carbocycles. The van der Waals surface area contributed by atoms with Gasteiger partial charge in [0.1, 0.15) is 11.1 Å². The van der Waals surface area contributed by atoms with Crippen LogP contribution in [-0.2, 0) is 17.0 Å². The lowest BCUT2D eigenvalue weighted by atomic mass is 10.1. The van der Waals surface area contributed by atoms with Crippen molar-refractivity contribution in [1.29, 1.82) is 0 Å². The second kappa shape index (κ2) is 7.61. The van der Waals surface area contributed by atoms with Gasteiger partial charge in [-0.3, -0.25) is 4.79 Å². The zero-order chi connectivity index (χ0) is 15.2. The summed E-state index contributed by atoms with van der Waals surface area (Å²) in [5, 5.41) is 8.72. The smallest absolute Gasteiger partial charge is 0.316 e. The van der Waals surface area contributed by atoms with Crippen LogP contribution in [0.4, 0.5) is 4.39 Å². The van der Waals surface area contributed by atoms with Gasteiger partial charge in [0.05, 0.1) is 0 Å². The van der Waals surface area contributed by atoms with E-state index in [0.29, 0.717) is 22.2 Å². The van der Waals surface area contributed by atoms with Crippen molar-refractivity contribution in [3.8, 4) is 0 Å². The Morgan fingerprint density at radius 2 is 1.95 bits per heavy atom. The van der Waals surface area contributed by atoms with E-state index in [2.05, 4.69) is 15.9 Å².